The Bertz CT molecular complexity index is 1840. The number of hydrogen-bond acceptors (Lipinski definition) is 8. The molecule has 0 spiro atoms. The average molecular weight is 598 g/mol. The molecule has 5 rings (SSSR count). The lowest BCUT2D eigenvalue weighted by Gasteiger charge is -2.25. The van der Waals surface area contributed by atoms with Gasteiger partial charge in [-0.15, -0.1) is 0 Å². The highest BCUT2D eigenvalue weighted by Crippen LogP contribution is 2.31. The molecular weight excluding hydrogens is 566 g/mol. The van der Waals surface area contributed by atoms with Gasteiger partial charge in [-0.25, -0.2) is 9.79 Å². The molecule has 220 valence electrons. The number of hydrogen-bond donors (Lipinski definition) is 1. The lowest BCUT2D eigenvalue weighted by Crippen LogP contribution is -2.40. The van der Waals surface area contributed by atoms with Crippen LogP contribution in [-0.2, 0) is 14.3 Å². The largest absolute Gasteiger partial charge is 0.494 e. The lowest BCUT2D eigenvalue weighted by molar-refractivity contribution is -0.145. The molecular formula is C33H31N3O6S. The van der Waals surface area contributed by atoms with Gasteiger partial charge in [-0.3, -0.25) is 14.2 Å². The Morgan fingerprint density at radius 3 is 2.44 bits per heavy atom. The van der Waals surface area contributed by atoms with Gasteiger partial charge in [-0.1, -0.05) is 53.8 Å². The van der Waals surface area contributed by atoms with Gasteiger partial charge in [0, 0.05) is 5.69 Å². The first-order valence-electron chi connectivity index (χ1n) is 13.9. The van der Waals surface area contributed by atoms with Crippen LogP contribution in [0.1, 0.15) is 37.9 Å². The van der Waals surface area contributed by atoms with Crippen molar-refractivity contribution in [3.63, 3.8) is 0 Å². The molecule has 1 aliphatic rings. The summed E-state index contributed by atoms with van der Waals surface area (Å²) in [7, 11) is 0. The van der Waals surface area contributed by atoms with Crippen molar-refractivity contribution in [1.82, 2.24) is 4.57 Å². The van der Waals surface area contributed by atoms with Gasteiger partial charge < -0.3 is 19.5 Å². The molecule has 0 saturated carbocycles. The van der Waals surface area contributed by atoms with E-state index in [0.29, 0.717) is 50.0 Å². The number of nitrogens with one attached hydrogen (secondary N) is 1. The van der Waals surface area contributed by atoms with Crippen LogP contribution < -0.4 is 29.7 Å². The number of rotatable bonds is 10. The van der Waals surface area contributed by atoms with Gasteiger partial charge in [-0.05, 0) is 74.4 Å². The van der Waals surface area contributed by atoms with E-state index < -0.39 is 12.0 Å². The SMILES string of the molecule is CCOC(=O)COc1cccc(/C=c2\sc3n(c2=O)[C@@H](c2ccc(OCC)cc2)C(C(=O)Nc2ccccc2)=C(C)N=3)c1. The topological polar surface area (TPSA) is 108 Å². The van der Waals surface area contributed by atoms with E-state index >= 15 is 0 Å². The zero-order valence-corrected chi connectivity index (χ0v) is 24.9. The zero-order valence-electron chi connectivity index (χ0n) is 24.0. The fraction of sp³-hybridized carbons (Fsp3) is 0.212. The maximum Gasteiger partial charge on any atom is 0.344 e. The Hall–Kier alpha value is -4.96. The van der Waals surface area contributed by atoms with Crippen molar-refractivity contribution in [2.24, 2.45) is 4.99 Å². The molecule has 1 amide bonds. The maximum absolute atomic E-state index is 14.0. The number of nitrogens with zero attached hydrogens (tertiary/aromatic N) is 2. The molecule has 0 radical (unpaired) electrons. The van der Waals surface area contributed by atoms with E-state index in [-0.39, 0.29) is 24.7 Å². The van der Waals surface area contributed by atoms with E-state index in [1.807, 2.05) is 55.5 Å². The molecule has 0 fully saturated rings. The first kappa shape index (κ1) is 29.5. The number of allylic oxidation sites excluding steroid dienone is 1. The molecule has 1 atom stereocenters. The molecule has 1 aliphatic heterocycles. The number of ether oxygens (including phenoxy) is 3. The highest BCUT2D eigenvalue weighted by molar-refractivity contribution is 7.07. The third-order valence-corrected chi connectivity index (χ3v) is 7.61. The number of benzene rings is 3. The van der Waals surface area contributed by atoms with E-state index in [9.17, 15) is 14.4 Å². The van der Waals surface area contributed by atoms with Crippen LogP contribution in [0.3, 0.4) is 0 Å². The summed E-state index contributed by atoms with van der Waals surface area (Å²) in [6.45, 7) is 6.00. The zero-order chi connectivity index (χ0) is 30.3. The smallest absolute Gasteiger partial charge is 0.344 e. The van der Waals surface area contributed by atoms with Crippen molar-refractivity contribution >= 4 is 35.0 Å². The molecule has 1 N–H and O–H groups in total. The van der Waals surface area contributed by atoms with Gasteiger partial charge in [0.2, 0.25) is 0 Å². The van der Waals surface area contributed by atoms with Crippen molar-refractivity contribution < 1.29 is 23.8 Å². The summed E-state index contributed by atoms with van der Waals surface area (Å²) in [6, 6.07) is 22.9. The molecule has 0 unspecified atom stereocenters. The van der Waals surface area contributed by atoms with Gasteiger partial charge in [0.15, 0.2) is 11.4 Å². The van der Waals surface area contributed by atoms with Crippen molar-refractivity contribution in [2.45, 2.75) is 26.8 Å². The summed E-state index contributed by atoms with van der Waals surface area (Å²) in [5.74, 6) is 0.363. The summed E-state index contributed by atoms with van der Waals surface area (Å²) in [4.78, 5) is 44.6. The number of fused-ring (bicyclic) bond motifs is 1. The number of thiazole rings is 1. The predicted octanol–water partition coefficient (Wildman–Crippen LogP) is 4.21. The van der Waals surface area contributed by atoms with Crippen LogP contribution >= 0.6 is 11.3 Å². The molecule has 2 heterocycles. The first-order chi connectivity index (χ1) is 20.9. The average Bonchev–Trinajstić information content (AvgIpc) is 3.30. The molecule has 0 aliphatic carbocycles. The quantitative estimate of drug-likeness (QED) is 0.275. The Labute approximate surface area is 252 Å². The van der Waals surface area contributed by atoms with Gasteiger partial charge in [-0.2, -0.15) is 0 Å². The van der Waals surface area contributed by atoms with Crippen LogP contribution in [0.25, 0.3) is 6.08 Å². The second-order valence-corrected chi connectivity index (χ2v) is 10.6. The predicted molar refractivity (Wildman–Crippen MR) is 165 cm³/mol. The highest BCUT2D eigenvalue weighted by Gasteiger charge is 2.32. The van der Waals surface area contributed by atoms with Crippen LogP contribution in [0.15, 0.2) is 99.9 Å². The summed E-state index contributed by atoms with van der Waals surface area (Å²) in [6.07, 6.45) is 1.75. The fourth-order valence-corrected chi connectivity index (χ4v) is 5.80. The maximum atomic E-state index is 14.0. The van der Waals surface area contributed by atoms with Crippen molar-refractivity contribution in [3.05, 3.63) is 121 Å². The van der Waals surface area contributed by atoms with Crippen molar-refractivity contribution in [1.29, 1.82) is 0 Å². The standard InChI is InChI=1S/C33H31N3O6S/c1-4-40-25-16-14-23(15-17-25)30-29(31(38)35-24-11-7-6-8-12-24)21(3)34-33-36(30)32(39)27(43-33)19-22-10-9-13-26(18-22)42-20-28(37)41-5-2/h6-19,30H,4-5,20H2,1-3H3,(H,35,38)/b27-19-/t30-/m0/s1. The summed E-state index contributed by atoms with van der Waals surface area (Å²) < 4.78 is 18.1. The molecule has 10 heteroatoms. The number of carbonyl (C=O) groups excluding carboxylic acids is 2. The van der Waals surface area contributed by atoms with Crippen LogP contribution in [0, 0.1) is 0 Å². The molecule has 1 aromatic heterocycles. The minimum Gasteiger partial charge on any atom is -0.494 e. The third kappa shape index (κ3) is 6.76. The van der Waals surface area contributed by atoms with E-state index in [0.717, 1.165) is 5.56 Å². The molecule has 0 saturated heterocycles. The molecule has 0 bridgehead atoms. The number of aromatic nitrogens is 1. The summed E-state index contributed by atoms with van der Waals surface area (Å²) in [5, 5.41) is 2.96. The number of esters is 1. The number of carbonyl (C=O) groups is 2. The van der Waals surface area contributed by atoms with Crippen LogP contribution in [0.5, 0.6) is 11.5 Å². The minimum atomic E-state index is -0.711. The second-order valence-electron chi connectivity index (χ2n) is 9.57. The first-order valence-corrected chi connectivity index (χ1v) is 14.7. The Balaban J connectivity index is 1.56. The van der Waals surface area contributed by atoms with E-state index in [1.165, 1.54) is 11.3 Å². The Morgan fingerprint density at radius 1 is 0.953 bits per heavy atom. The number of para-hydroxylation sites is 1. The number of amides is 1. The van der Waals surface area contributed by atoms with Crippen molar-refractivity contribution in [3.8, 4) is 11.5 Å². The minimum absolute atomic E-state index is 0.214. The second kappa shape index (κ2) is 13.3. The highest BCUT2D eigenvalue weighted by atomic mass is 32.1. The summed E-state index contributed by atoms with van der Waals surface area (Å²) >= 11 is 1.24. The van der Waals surface area contributed by atoms with Gasteiger partial charge in [0.05, 0.1) is 35.1 Å². The van der Waals surface area contributed by atoms with E-state index in [4.69, 9.17) is 19.2 Å². The number of anilines is 1. The summed E-state index contributed by atoms with van der Waals surface area (Å²) in [5.41, 5.74) is 2.72. The van der Waals surface area contributed by atoms with E-state index in [1.54, 1.807) is 54.8 Å². The van der Waals surface area contributed by atoms with Gasteiger partial charge in [0.1, 0.15) is 11.5 Å². The van der Waals surface area contributed by atoms with Crippen LogP contribution in [0.4, 0.5) is 5.69 Å². The molecule has 43 heavy (non-hydrogen) atoms. The molecule has 4 aromatic rings. The normalized spacial score (nSPS) is 14.5. The van der Waals surface area contributed by atoms with Crippen molar-refractivity contribution in [2.75, 3.05) is 25.1 Å². The Morgan fingerprint density at radius 2 is 1.72 bits per heavy atom. The van der Waals surface area contributed by atoms with Gasteiger partial charge >= 0.3 is 5.97 Å². The molecule has 3 aromatic carbocycles. The fourth-order valence-electron chi connectivity index (χ4n) is 4.75. The van der Waals surface area contributed by atoms with Crippen LogP contribution in [0.2, 0.25) is 0 Å². The Kier molecular flexibility index (Phi) is 9.17. The van der Waals surface area contributed by atoms with Crippen LogP contribution in [-0.4, -0.2) is 36.3 Å². The van der Waals surface area contributed by atoms with E-state index in [2.05, 4.69) is 5.32 Å². The lowest BCUT2D eigenvalue weighted by atomic mass is 9.95. The third-order valence-electron chi connectivity index (χ3n) is 6.62. The monoisotopic (exact) mass is 597 g/mol. The van der Waals surface area contributed by atoms with Gasteiger partial charge in [0.25, 0.3) is 11.5 Å². The molecule has 9 nitrogen and oxygen atoms in total.